The average Bonchev–Trinajstić information content (AvgIpc) is 2.40. The molecule has 0 saturated carbocycles. The summed E-state index contributed by atoms with van der Waals surface area (Å²) in [7, 11) is 0. The Labute approximate surface area is 92.9 Å². The minimum Gasteiger partial charge on any atom is -0.316 e. The van der Waals surface area contributed by atoms with Crippen molar-refractivity contribution in [2.24, 2.45) is 0 Å². The minimum absolute atomic E-state index is 0.641. The van der Waals surface area contributed by atoms with Crippen LogP contribution in [0.1, 0.15) is 49.3 Å². The monoisotopic (exact) mass is 203 g/mol. The van der Waals surface area contributed by atoms with Crippen molar-refractivity contribution in [3.63, 3.8) is 0 Å². The predicted molar refractivity (Wildman–Crippen MR) is 65.5 cm³/mol. The number of nitrogens with one attached hydrogen (secondary N) is 1. The SMILES string of the molecule is CC(C)c1ccc2c(c1)CCNCC2C. The van der Waals surface area contributed by atoms with Crippen LogP contribution >= 0.6 is 0 Å². The van der Waals surface area contributed by atoms with Crippen LogP contribution in [0.4, 0.5) is 0 Å². The lowest BCUT2D eigenvalue weighted by molar-refractivity contribution is 0.644. The van der Waals surface area contributed by atoms with E-state index in [9.17, 15) is 0 Å². The maximum absolute atomic E-state index is 3.49. The normalized spacial score (nSPS) is 21.2. The molecule has 1 aromatic rings. The average molecular weight is 203 g/mol. The van der Waals surface area contributed by atoms with Gasteiger partial charge in [-0.25, -0.2) is 0 Å². The van der Waals surface area contributed by atoms with Crippen molar-refractivity contribution in [2.75, 3.05) is 13.1 Å². The summed E-state index contributed by atoms with van der Waals surface area (Å²) in [6.07, 6.45) is 1.18. The Morgan fingerprint density at radius 1 is 1.33 bits per heavy atom. The second kappa shape index (κ2) is 4.36. The minimum atomic E-state index is 0.641. The summed E-state index contributed by atoms with van der Waals surface area (Å²) in [4.78, 5) is 0. The van der Waals surface area contributed by atoms with Crippen LogP contribution in [0, 0.1) is 0 Å². The molecule has 0 spiro atoms. The van der Waals surface area contributed by atoms with E-state index in [1.54, 1.807) is 11.1 Å². The highest BCUT2D eigenvalue weighted by molar-refractivity contribution is 5.36. The van der Waals surface area contributed by atoms with Gasteiger partial charge in [0.1, 0.15) is 0 Å². The Kier molecular flexibility index (Phi) is 3.11. The van der Waals surface area contributed by atoms with Crippen molar-refractivity contribution in [3.8, 4) is 0 Å². The van der Waals surface area contributed by atoms with Crippen LogP contribution < -0.4 is 5.32 Å². The van der Waals surface area contributed by atoms with Gasteiger partial charge in [0.05, 0.1) is 0 Å². The van der Waals surface area contributed by atoms with Crippen LogP contribution in [0.3, 0.4) is 0 Å². The van der Waals surface area contributed by atoms with Crippen LogP contribution in [-0.2, 0) is 6.42 Å². The van der Waals surface area contributed by atoms with E-state index in [1.165, 1.54) is 12.0 Å². The van der Waals surface area contributed by atoms with Crippen LogP contribution in [-0.4, -0.2) is 13.1 Å². The van der Waals surface area contributed by atoms with Gasteiger partial charge in [-0.1, -0.05) is 39.0 Å². The Morgan fingerprint density at radius 3 is 2.87 bits per heavy atom. The molecule has 1 heterocycles. The Balaban J connectivity index is 2.38. The Hall–Kier alpha value is -0.820. The second-order valence-electron chi connectivity index (χ2n) is 4.97. The molecular weight excluding hydrogens is 182 g/mol. The second-order valence-corrected chi connectivity index (χ2v) is 4.97. The molecule has 0 amide bonds. The smallest absolute Gasteiger partial charge is 0.00177 e. The molecule has 1 nitrogen and oxygen atoms in total. The summed E-state index contributed by atoms with van der Waals surface area (Å²) in [6.45, 7) is 9.08. The van der Waals surface area contributed by atoms with E-state index >= 15 is 0 Å². The van der Waals surface area contributed by atoms with Gasteiger partial charge < -0.3 is 5.32 Å². The number of hydrogen-bond acceptors (Lipinski definition) is 1. The molecule has 2 rings (SSSR count). The van der Waals surface area contributed by atoms with Gasteiger partial charge in [-0.05, 0) is 41.5 Å². The third-order valence-corrected chi connectivity index (χ3v) is 3.39. The molecule has 1 aliphatic rings. The molecule has 1 heteroatoms. The lowest BCUT2D eigenvalue weighted by Crippen LogP contribution is -2.18. The number of rotatable bonds is 1. The molecule has 0 bridgehead atoms. The van der Waals surface area contributed by atoms with Crippen molar-refractivity contribution in [2.45, 2.75) is 39.0 Å². The van der Waals surface area contributed by atoms with E-state index in [0.717, 1.165) is 13.1 Å². The van der Waals surface area contributed by atoms with Crippen molar-refractivity contribution in [1.82, 2.24) is 5.32 Å². The third kappa shape index (κ3) is 2.23. The first-order valence-electron chi connectivity index (χ1n) is 6.02. The predicted octanol–water partition coefficient (Wildman–Crippen LogP) is 3.06. The summed E-state index contributed by atoms with van der Waals surface area (Å²) in [6, 6.07) is 7.04. The van der Waals surface area contributed by atoms with Crippen LogP contribution in [0.2, 0.25) is 0 Å². The molecule has 0 fully saturated rings. The fourth-order valence-electron chi connectivity index (χ4n) is 2.33. The lowest BCUT2D eigenvalue weighted by atomic mass is 9.91. The fourth-order valence-corrected chi connectivity index (χ4v) is 2.33. The van der Waals surface area contributed by atoms with Gasteiger partial charge in [-0.3, -0.25) is 0 Å². The van der Waals surface area contributed by atoms with Crippen molar-refractivity contribution < 1.29 is 0 Å². The molecule has 0 aliphatic carbocycles. The van der Waals surface area contributed by atoms with Gasteiger partial charge >= 0.3 is 0 Å². The zero-order valence-corrected chi connectivity index (χ0v) is 10.0. The highest BCUT2D eigenvalue weighted by Crippen LogP contribution is 2.26. The van der Waals surface area contributed by atoms with Gasteiger partial charge in [0.2, 0.25) is 0 Å². The van der Waals surface area contributed by atoms with Gasteiger partial charge in [0.25, 0.3) is 0 Å². The molecule has 1 aromatic carbocycles. The van der Waals surface area contributed by atoms with Crippen LogP contribution in [0.25, 0.3) is 0 Å². The number of fused-ring (bicyclic) bond motifs is 1. The maximum atomic E-state index is 3.49. The largest absolute Gasteiger partial charge is 0.316 e. The van der Waals surface area contributed by atoms with Crippen molar-refractivity contribution >= 4 is 0 Å². The van der Waals surface area contributed by atoms with Gasteiger partial charge in [0, 0.05) is 6.54 Å². The van der Waals surface area contributed by atoms with Crippen LogP contribution in [0.5, 0.6) is 0 Å². The summed E-state index contributed by atoms with van der Waals surface area (Å²) in [5.41, 5.74) is 4.57. The summed E-state index contributed by atoms with van der Waals surface area (Å²) in [5.74, 6) is 1.30. The molecule has 1 unspecified atom stereocenters. The van der Waals surface area contributed by atoms with E-state index < -0.39 is 0 Å². The zero-order valence-electron chi connectivity index (χ0n) is 10.0. The first-order valence-corrected chi connectivity index (χ1v) is 6.02. The Morgan fingerprint density at radius 2 is 2.13 bits per heavy atom. The standard InChI is InChI=1S/C14H21N/c1-10(2)12-4-5-14-11(3)9-15-7-6-13(14)8-12/h4-5,8,10-11,15H,6-7,9H2,1-3H3. The first kappa shape index (κ1) is 10.7. The summed E-state index contributed by atoms with van der Waals surface area (Å²) < 4.78 is 0. The Bertz CT molecular complexity index is 341. The van der Waals surface area contributed by atoms with Gasteiger partial charge in [-0.15, -0.1) is 0 Å². The summed E-state index contributed by atoms with van der Waals surface area (Å²) in [5, 5.41) is 3.49. The molecule has 15 heavy (non-hydrogen) atoms. The molecule has 1 atom stereocenters. The first-order chi connectivity index (χ1) is 7.18. The topological polar surface area (TPSA) is 12.0 Å². The van der Waals surface area contributed by atoms with E-state index in [0.29, 0.717) is 11.8 Å². The van der Waals surface area contributed by atoms with Gasteiger partial charge in [0.15, 0.2) is 0 Å². The van der Waals surface area contributed by atoms with Crippen molar-refractivity contribution in [3.05, 3.63) is 34.9 Å². The highest BCUT2D eigenvalue weighted by Gasteiger charge is 2.14. The van der Waals surface area contributed by atoms with Gasteiger partial charge in [-0.2, -0.15) is 0 Å². The molecule has 0 saturated heterocycles. The van der Waals surface area contributed by atoms with E-state index in [-0.39, 0.29) is 0 Å². The highest BCUT2D eigenvalue weighted by atomic mass is 14.9. The third-order valence-electron chi connectivity index (χ3n) is 3.39. The molecular formula is C14H21N. The van der Waals surface area contributed by atoms with Crippen LogP contribution in [0.15, 0.2) is 18.2 Å². The quantitative estimate of drug-likeness (QED) is 0.739. The maximum Gasteiger partial charge on any atom is 0.00177 e. The molecule has 0 radical (unpaired) electrons. The molecule has 0 aromatic heterocycles. The van der Waals surface area contributed by atoms with E-state index in [1.807, 2.05) is 0 Å². The lowest BCUT2D eigenvalue weighted by Gasteiger charge is -2.14. The molecule has 1 aliphatic heterocycles. The number of hydrogen-bond donors (Lipinski definition) is 1. The zero-order chi connectivity index (χ0) is 10.8. The van der Waals surface area contributed by atoms with E-state index in [2.05, 4.69) is 44.3 Å². The van der Waals surface area contributed by atoms with Crippen molar-refractivity contribution in [1.29, 1.82) is 0 Å². The molecule has 82 valence electrons. The molecule has 1 N–H and O–H groups in total. The fraction of sp³-hybridized carbons (Fsp3) is 0.571. The summed E-state index contributed by atoms with van der Waals surface area (Å²) >= 11 is 0. The van der Waals surface area contributed by atoms with E-state index in [4.69, 9.17) is 0 Å². The number of benzene rings is 1.